The maximum atomic E-state index is 8.03. The minimum absolute atomic E-state index is 0.877. The molecule has 0 aliphatic heterocycles. The molecule has 1 rings (SSSR count). The summed E-state index contributed by atoms with van der Waals surface area (Å²) in [4.78, 5) is 0.897. The standard InChI is InChI=1S/C9H12BrNO3S/c1-7-6-8(11-5-4-10)2-3-9(7)15-14-13-12/h2-3,6,11-12H,4-5H2,1H3. The molecule has 84 valence electrons. The molecular weight excluding hydrogens is 282 g/mol. The first-order valence-corrected chi connectivity index (χ1v) is 6.19. The number of anilines is 1. The third-order valence-electron chi connectivity index (χ3n) is 1.75. The van der Waals surface area contributed by atoms with Crippen LogP contribution in [0.2, 0.25) is 0 Å². The van der Waals surface area contributed by atoms with Gasteiger partial charge in [-0.2, -0.15) is 0 Å². The summed E-state index contributed by atoms with van der Waals surface area (Å²) in [6.07, 6.45) is 0. The summed E-state index contributed by atoms with van der Waals surface area (Å²) in [6.45, 7) is 2.84. The Morgan fingerprint density at radius 2 is 2.33 bits per heavy atom. The Balaban J connectivity index is 2.61. The van der Waals surface area contributed by atoms with E-state index in [0.717, 1.165) is 40.1 Å². The average molecular weight is 294 g/mol. The van der Waals surface area contributed by atoms with Gasteiger partial charge in [0.1, 0.15) is 0 Å². The van der Waals surface area contributed by atoms with Crippen molar-refractivity contribution in [3.8, 4) is 0 Å². The molecule has 0 aliphatic carbocycles. The van der Waals surface area contributed by atoms with Crippen molar-refractivity contribution in [2.24, 2.45) is 0 Å². The summed E-state index contributed by atoms with van der Waals surface area (Å²) in [6, 6.07) is 5.85. The van der Waals surface area contributed by atoms with Gasteiger partial charge in [-0.15, -0.1) is 4.33 Å². The average Bonchev–Trinajstić information content (AvgIpc) is 2.25. The number of hydrogen-bond donors (Lipinski definition) is 2. The summed E-state index contributed by atoms with van der Waals surface area (Å²) in [5, 5.41) is 15.7. The second-order valence-corrected chi connectivity index (χ2v) is 4.36. The van der Waals surface area contributed by atoms with Crippen molar-refractivity contribution in [3.63, 3.8) is 0 Å². The molecule has 15 heavy (non-hydrogen) atoms. The highest BCUT2D eigenvalue weighted by molar-refractivity contribution is 9.09. The number of aryl methyl sites for hydroxylation is 1. The van der Waals surface area contributed by atoms with Gasteiger partial charge in [0.05, 0.1) is 12.0 Å². The van der Waals surface area contributed by atoms with Gasteiger partial charge < -0.3 is 5.32 Å². The molecule has 6 heteroatoms. The van der Waals surface area contributed by atoms with Crippen LogP contribution >= 0.6 is 28.0 Å². The van der Waals surface area contributed by atoms with Gasteiger partial charge in [-0.1, -0.05) is 21.0 Å². The Morgan fingerprint density at radius 1 is 1.53 bits per heavy atom. The minimum Gasteiger partial charge on any atom is -0.384 e. The minimum atomic E-state index is 0.877. The highest BCUT2D eigenvalue weighted by Crippen LogP contribution is 2.25. The molecule has 0 saturated carbocycles. The summed E-state index contributed by atoms with van der Waals surface area (Å²) in [5.41, 5.74) is 2.11. The molecule has 0 aromatic heterocycles. The Hall–Kier alpha value is -0.270. The van der Waals surface area contributed by atoms with Crippen LogP contribution in [-0.4, -0.2) is 17.1 Å². The van der Waals surface area contributed by atoms with Crippen LogP contribution in [0.25, 0.3) is 0 Å². The molecule has 0 spiro atoms. The van der Waals surface area contributed by atoms with Crippen molar-refractivity contribution >= 4 is 33.7 Å². The van der Waals surface area contributed by atoms with Gasteiger partial charge in [0.25, 0.3) is 0 Å². The molecule has 0 heterocycles. The Kier molecular flexibility index (Phi) is 6.04. The third kappa shape index (κ3) is 4.40. The maximum Gasteiger partial charge on any atom is 0.0717 e. The van der Waals surface area contributed by atoms with E-state index < -0.39 is 0 Å². The molecule has 4 nitrogen and oxygen atoms in total. The molecule has 1 aromatic carbocycles. The van der Waals surface area contributed by atoms with Crippen molar-refractivity contribution in [1.29, 1.82) is 0 Å². The summed E-state index contributed by atoms with van der Waals surface area (Å²) in [5.74, 6) is 0. The normalized spacial score (nSPS) is 10.3. The lowest BCUT2D eigenvalue weighted by atomic mass is 10.2. The molecule has 0 unspecified atom stereocenters. The largest absolute Gasteiger partial charge is 0.384 e. The van der Waals surface area contributed by atoms with E-state index in [1.165, 1.54) is 0 Å². The van der Waals surface area contributed by atoms with Crippen LogP contribution in [0.15, 0.2) is 23.1 Å². The Morgan fingerprint density at radius 3 is 2.93 bits per heavy atom. The molecule has 0 atom stereocenters. The predicted molar refractivity (Wildman–Crippen MR) is 64.1 cm³/mol. The van der Waals surface area contributed by atoms with E-state index in [-0.39, 0.29) is 0 Å². The molecule has 0 bridgehead atoms. The first-order valence-electron chi connectivity index (χ1n) is 4.33. The molecule has 0 aliphatic rings. The van der Waals surface area contributed by atoms with Gasteiger partial charge in [0, 0.05) is 22.5 Å². The van der Waals surface area contributed by atoms with Crippen molar-refractivity contribution in [2.45, 2.75) is 11.8 Å². The summed E-state index contributed by atoms with van der Waals surface area (Å²) >= 11 is 4.31. The van der Waals surface area contributed by atoms with Crippen LogP contribution < -0.4 is 5.32 Å². The van der Waals surface area contributed by atoms with E-state index in [9.17, 15) is 0 Å². The number of benzene rings is 1. The first-order chi connectivity index (χ1) is 7.27. The van der Waals surface area contributed by atoms with Crippen molar-refractivity contribution in [1.82, 2.24) is 0 Å². The summed E-state index contributed by atoms with van der Waals surface area (Å²) in [7, 11) is 0. The fourth-order valence-electron chi connectivity index (χ4n) is 1.10. The quantitative estimate of drug-likeness (QED) is 0.365. The molecular formula is C9H12BrNO3S. The molecule has 0 saturated heterocycles. The number of hydrogen-bond acceptors (Lipinski definition) is 5. The summed E-state index contributed by atoms with van der Waals surface area (Å²) < 4.78 is 4.37. The smallest absolute Gasteiger partial charge is 0.0717 e. The molecule has 1 aromatic rings. The van der Waals surface area contributed by atoms with E-state index in [2.05, 4.69) is 30.6 Å². The fraction of sp³-hybridized carbons (Fsp3) is 0.333. The fourth-order valence-corrected chi connectivity index (χ4v) is 1.71. The van der Waals surface area contributed by atoms with E-state index >= 15 is 0 Å². The van der Waals surface area contributed by atoms with Gasteiger partial charge in [0.2, 0.25) is 0 Å². The van der Waals surface area contributed by atoms with Crippen molar-refractivity contribution < 1.29 is 14.6 Å². The zero-order chi connectivity index (χ0) is 11.1. The molecule has 0 fully saturated rings. The second-order valence-electron chi connectivity index (χ2n) is 2.82. The Bertz CT molecular complexity index is 311. The third-order valence-corrected chi connectivity index (χ3v) is 2.92. The highest BCUT2D eigenvalue weighted by atomic mass is 79.9. The second kappa shape index (κ2) is 7.08. The molecule has 2 N–H and O–H groups in total. The van der Waals surface area contributed by atoms with Crippen LogP contribution in [0.1, 0.15) is 5.56 Å². The van der Waals surface area contributed by atoms with Crippen LogP contribution in [0.4, 0.5) is 5.69 Å². The van der Waals surface area contributed by atoms with Gasteiger partial charge in [-0.3, -0.25) is 0 Å². The van der Waals surface area contributed by atoms with Gasteiger partial charge in [-0.05, 0) is 30.7 Å². The van der Waals surface area contributed by atoms with Gasteiger partial charge in [0.15, 0.2) is 0 Å². The zero-order valence-corrected chi connectivity index (χ0v) is 10.6. The van der Waals surface area contributed by atoms with Crippen LogP contribution in [0.5, 0.6) is 0 Å². The highest BCUT2D eigenvalue weighted by Gasteiger charge is 2.02. The predicted octanol–water partition coefficient (Wildman–Crippen LogP) is 3.23. The first kappa shape index (κ1) is 12.8. The van der Waals surface area contributed by atoms with Crippen LogP contribution in [0.3, 0.4) is 0 Å². The van der Waals surface area contributed by atoms with Crippen molar-refractivity contribution in [2.75, 3.05) is 17.2 Å². The maximum absolute atomic E-state index is 8.03. The van der Waals surface area contributed by atoms with E-state index in [1.807, 2.05) is 25.1 Å². The number of rotatable bonds is 6. The zero-order valence-electron chi connectivity index (χ0n) is 8.20. The lowest BCUT2D eigenvalue weighted by Crippen LogP contribution is -2.02. The van der Waals surface area contributed by atoms with Crippen LogP contribution in [0, 0.1) is 6.92 Å². The number of halogens is 1. The number of alkyl halides is 1. The lowest BCUT2D eigenvalue weighted by molar-refractivity contribution is -0.432. The topological polar surface area (TPSA) is 50.7 Å². The van der Waals surface area contributed by atoms with E-state index in [4.69, 9.17) is 5.26 Å². The van der Waals surface area contributed by atoms with Crippen LogP contribution in [-0.2, 0) is 9.37 Å². The van der Waals surface area contributed by atoms with Gasteiger partial charge >= 0.3 is 0 Å². The molecule has 0 amide bonds. The SMILES string of the molecule is Cc1cc(NCCBr)ccc1SOOO. The van der Waals surface area contributed by atoms with Gasteiger partial charge in [-0.25, -0.2) is 5.26 Å². The number of nitrogens with one attached hydrogen (secondary N) is 1. The monoisotopic (exact) mass is 293 g/mol. The van der Waals surface area contributed by atoms with E-state index in [0.29, 0.717) is 0 Å². The lowest BCUT2D eigenvalue weighted by Gasteiger charge is -2.07. The van der Waals surface area contributed by atoms with Crippen molar-refractivity contribution in [3.05, 3.63) is 23.8 Å². The Labute approximate surface area is 101 Å². The van der Waals surface area contributed by atoms with E-state index in [1.54, 1.807) is 0 Å². The molecule has 0 radical (unpaired) electrons.